The van der Waals surface area contributed by atoms with Gasteiger partial charge in [0.2, 0.25) is 0 Å². The fourth-order valence-electron chi connectivity index (χ4n) is 1.56. The van der Waals surface area contributed by atoms with E-state index in [1.807, 2.05) is 0 Å². The highest BCUT2D eigenvalue weighted by molar-refractivity contribution is 7.14. The third kappa shape index (κ3) is 6.49. The van der Waals surface area contributed by atoms with Crippen LogP contribution in [-0.2, 0) is 9.53 Å². The molecule has 1 amide bonds. The minimum atomic E-state index is -1.000. The van der Waals surface area contributed by atoms with E-state index >= 15 is 0 Å². The number of thiophene rings is 1. The second-order valence-electron chi connectivity index (χ2n) is 4.18. The van der Waals surface area contributed by atoms with Crippen molar-refractivity contribution >= 4 is 29.3 Å². The first-order valence-corrected chi connectivity index (χ1v) is 7.23. The van der Waals surface area contributed by atoms with Gasteiger partial charge in [-0.25, -0.2) is 4.79 Å². The van der Waals surface area contributed by atoms with Crippen LogP contribution in [0.3, 0.4) is 0 Å². The number of carboxylic acids is 1. The Labute approximate surface area is 122 Å². The topological polar surface area (TPSA) is 75.6 Å². The van der Waals surface area contributed by atoms with Gasteiger partial charge in [0, 0.05) is 31.2 Å². The van der Waals surface area contributed by atoms with Gasteiger partial charge in [-0.2, -0.15) is 0 Å². The maximum Gasteiger partial charge on any atom is 0.328 e. The molecule has 0 aliphatic rings. The van der Waals surface area contributed by atoms with E-state index in [-0.39, 0.29) is 5.91 Å². The van der Waals surface area contributed by atoms with E-state index in [2.05, 4.69) is 5.32 Å². The quantitative estimate of drug-likeness (QED) is 0.542. The highest BCUT2D eigenvalue weighted by Crippen LogP contribution is 2.17. The Hall–Kier alpha value is -1.66. The Morgan fingerprint density at radius 1 is 1.35 bits per heavy atom. The van der Waals surface area contributed by atoms with Gasteiger partial charge >= 0.3 is 5.97 Å². The minimum Gasteiger partial charge on any atom is -0.478 e. The fourth-order valence-corrected chi connectivity index (χ4v) is 2.38. The summed E-state index contributed by atoms with van der Waals surface area (Å²) >= 11 is 1.27. The van der Waals surface area contributed by atoms with Gasteiger partial charge in [-0.15, -0.1) is 11.3 Å². The molecule has 1 aromatic rings. The second-order valence-corrected chi connectivity index (χ2v) is 5.30. The van der Waals surface area contributed by atoms with E-state index in [4.69, 9.17) is 9.84 Å². The Morgan fingerprint density at radius 2 is 2.15 bits per heavy atom. The maximum absolute atomic E-state index is 11.8. The Bertz CT molecular complexity index is 467. The molecule has 0 atom stereocenters. The van der Waals surface area contributed by atoms with Gasteiger partial charge in [-0.05, 0) is 37.5 Å². The molecule has 0 spiro atoms. The first-order chi connectivity index (χ1) is 9.63. The molecule has 1 aromatic heterocycles. The molecule has 0 saturated heterocycles. The Morgan fingerprint density at radius 3 is 2.85 bits per heavy atom. The molecule has 20 heavy (non-hydrogen) atoms. The van der Waals surface area contributed by atoms with Crippen LogP contribution < -0.4 is 5.32 Å². The molecule has 0 aliphatic carbocycles. The van der Waals surface area contributed by atoms with E-state index in [9.17, 15) is 9.59 Å². The standard InChI is InChI=1S/C14H19NO4S/c1-19-10-4-2-3-9-15-14(18)12-7-5-11(20-12)6-8-13(16)17/h5-8H,2-4,9-10H2,1H3,(H,15,18)(H,16,17)/b8-6+. The summed E-state index contributed by atoms with van der Waals surface area (Å²) in [7, 11) is 1.68. The lowest BCUT2D eigenvalue weighted by atomic mass is 10.2. The molecule has 110 valence electrons. The number of rotatable bonds is 9. The van der Waals surface area contributed by atoms with Crippen molar-refractivity contribution in [2.75, 3.05) is 20.3 Å². The summed E-state index contributed by atoms with van der Waals surface area (Å²) in [6.07, 6.45) is 5.48. The summed E-state index contributed by atoms with van der Waals surface area (Å²) in [5.74, 6) is -1.11. The van der Waals surface area contributed by atoms with Gasteiger partial charge in [-0.1, -0.05) is 0 Å². The van der Waals surface area contributed by atoms with E-state index < -0.39 is 5.97 Å². The van der Waals surface area contributed by atoms with Gasteiger partial charge in [-0.3, -0.25) is 4.79 Å². The number of ether oxygens (including phenoxy) is 1. The number of hydrogen-bond acceptors (Lipinski definition) is 4. The summed E-state index contributed by atoms with van der Waals surface area (Å²) in [6, 6.07) is 3.43. The third-order valence-electron chi connectivity index (χ3n) is 2.55. The summed E-state index contributed by atoms with van der Waals surface area (Å²) in [5.41, 5.74) is 0. The third-order valence-corrected chi connectivity index (χ3v) is 3.60. The maximum atomic E-state index is 11.8. The highest BCUT2D eigenvalue weighted by atomic mass is 32.1. The van der Waals surface area contributed by atoms with Crippen molar-refractivity contribution in [1.29, 1.82) is 0 Å². The number of nitrogens with one attached hydrogen (secondary N) is 1. The average Bonchev–Trinajstić information content (AvgIpc) is 2.89. The Kier molecular flexibility index (Phi) is 7.60. The first-order valence-electron chi connectivity index (χ1n) is 6.41. The molecule has 2 N–H and O–H groups in total. The van der Waals surface area contributed by atoms with E-state index in [1.165, 1.54) is 17.4 Å². The van der Waals surface area contributed by atoms with Gasteiger partial charge in [0.05, 0.1) is 4.88 Å². The number of unbranched alkanes of at least 4 members (excludes halogenated alkanes) is 2. The molecular formula is C14H19NO4S. The number of carbonyl (C=O) groups is 2. The summed E-state index contributed by atoms with van der Waals surface area (Å²) in [6.45, 7) is 1.39. The van der Waals surface area contributed by atoms with Crippen molar-refractivity contribution in [3.8, 4) is 0 Å². The lowest BCUT2D eigenvalue weighted by Crippen LogP contribution is -2.23. The summed E-state index contributed by atoms with van der Waals surface area (Å²) < 4.78 is 4.95. The summed E-state index contributed by atoms with van der Waals surface area (Å²) in [5, 5.41) is 11.4. The number of methoxy groups -OCH3 is 1. The van der Waals surface area contributed by atoms with Crippen molar-refractivity contribution in [1.82, 2.24) is 5.32 Å². The lowest BCUT2D eigenvalue weighted by molar-refractivity contribution is -0.131. The molecule has 1 heterocycles. The normalized spacial score (nSPS) is 10.8. The van der Waals surface area contributed by atoms with Crippen LogP contribution in [0.5, 0.6) is 0 Å². The SMILES string of the molecule is COCCCCCNC(=O)c1ccc(/C=C/C(=O)O)s1. The van der Waals surface area contributed by atoms with Gasteiger partial charge < -0.3 is 15.2 Å². The zero-order valence-corrected chi connectivity index (χ0v) is 12.2. The van der Waals surface area contributed by atoms with Crippen molar-refractivity contribution in [3.63, 3.8) is 0 Å². The molecule has 5 nitrogen and oxygen atoms in total. The minimum absolute atomic E-state index is 0.114. The zero-order chi connectivity index (χ0) is 14.8. The van der Waals surface area contributed by atoms with Crippen molar-refractivity contribution in [3.05, 3.63) is 28.0 Å². The predicted molar refractivity (Wildman–Crippen MR) is 79.0 cm³/mol. The monoisotopic (exact) mass is 297 g/mol. The van der Waals surface area contributed by atoms with Crippen LogP contribution in [0.1, 0.15) is 33.8 Å². The van der Waals surface area contributed by atoms with Crippen LogP contribution in [0.4, 0.5) is 0 Å². The predicted octanol–water partition coefficient (Wildman–Crippen LogP) is 2.39. The van der Waals surface area contributed by atoms with Crippen molar-refractivity contribution in [2.24, 2.45) is 0 Å². The van der Waals surface area contributed by atoms with Gasteiger partial charge in [0.25, 0.3) is 5.91 Å². The van der Waals surface area contributed by atoms with Gasteiger partial charge in [0.15, 0.2) is 0 Å². The second kappa shape index (κ2) is 9.28. The number of aliphatic carboxylic acids is 1. The molecular weight excluding hydrogens is 278 g/mol. The largest absolute Gasteiger partial charge is 0.478 e. The Balaban J connectivity index is 2.31. The first kappa shape index (κ1) is 16.4. The van der Waals surface area contributed by atoms with Crippen molar-refractivity contribution < 1.29 is 19.4 Å². The molecule has 1 rings (SSSR count). The molecule has 6 heteroatoms. The fraction of sp³-hybridized carbons (Fsp3) is 0.429. The molecule has 0 fully saturated rings. The molecule has 0 aromatic carbocycles. The molecule has 0 unspecified atom stereocenters. The van der Waals surface area contributed by atoms with Gasteiger partial charge in [0.1, 0.15) is 0 Å². The van der Waals surface area contributed by atoms with Crippen LogP contribution >= 0.6 is 11.3 Å². The molecule has 0 radical (unpaired) electrons. The number of carboxylic acid groups (broad SMARTS) is 1. The molecule has 0 aliphatic heterocycles. The van der Waals surface area contributed by atoms with Crippen LogP contribution in [0.25, 0.3) is 6.08 Å². The average molecular weight is 297 g/mol. The smallest absolute Gasteiger partial charge is 0.328 e. The van der Waals surface area contributed by atoms with Crippen LogP contribution in [-0.4, -0.2) is 37.2 Å². The number of amides is 1. The zero-order valence-electron chi connectivity index (χ0n) is 11.4. The molecule has 0 bridgehead atoms. The molecule has 0 saturated carbocycles. The summed E-state index contributed by atoms with van der Waals surface area (Å²) in [4.78, 5) is 23.5. The van der Waals surface area contributed by atoms with Crippen molar-refractivity contribution in [2.45, 2.75) is 19.3 Å². The van der Waals surface area contributed by atoms with Crippen LogP contribution in [0.15, 0.2) is 18.2 Å². The van der Waals surface area contributed by atoms with Crippen LogP contribution in [0, 0.1) is 0 Å². The van der Waals surface area contributed by atoms with E-state index in [0.29, 0.717) is 11.4 Å². The number of carbonyl (C=O) groups excluding carboxylic acids is 1. The lowest BCUT2D eigenvalue weighted by Gasteiger charge is -2.03. The number of hydrogen-bond donors (Lipinski definition) is 2. The van der Waals surface area contributed by atoms with E-state index in [0.717, 1.165) is 36.8 Å². The van der Waals surface area contributed by atoms with Crippen LogP contribution in [0.2, 0.25) is 0 Å². The van der Waals surface area contributed by atoms with E-state index in [1.54, 1.807) is 19.2 Å². The highest BCUT2D eigenvalue weighted by Gasteiger charge is 2.07.